The lowest BCUT2D eigenvalue weighted by atomic mass is 9.86. The molecule has 1 aromatic carbocycles. The third-order valence-electron chi connectivity index (χ3n) is 4.19. The van der Waals surface area contributed by atoms with Gasteiger partial charge in [0.25, 0.3) is 5.91 Å². The number of carbonyl (C=O) groups excluding carboxylic acids is 1. The second kappa shape index (κ2) is 7.19. The van der Waals surface area contributed by atoms with Crippen molar-refractivity contribution in [2.75, 3.05) is 36.5 Å². The van der Waals surface area contributed by atoms with Gasteiger partial charge in [-0.3, -0.25) is 4.79 Å². The molecule has 1 aliphatic rings. The minimum Gasteiger partial charge on any atom is -0.378 e. The predicted octanol–water partition coefficient (Wildman–Crippen LogP) is 2.86. The fraction of sp³-hybridized carbons (Fsp3) is 0.421. The summed E-state index contributed by atoms with van der Waals surface area (Å²) in [5.74, 6) is 0.521. The molecule has 0 aliphatic carbocycles. The zero-order valence-corrected chi connectivity index (χ0v) is 15.0. The smallest absolute Gasteiger partial charge is 0.275 e. The molecule has 2 heterocycles. The molecule has 1 fully saturated rings. The van der Waals surface area contributed by atoms with Crippen molar-refractivity contribution in [3.8, 4) is 0 Å². The van der Waals surface area contributed by atoms with Crippen molar-refractivity contribution in [3.63, 3.8) is 0 Å². The minimum atomic E-state index is -0.252. The molecule has 0 spiro atoms. The van der Waals surface area contributed by atoms with Gasteiger partial charge in [0.1, 0.15) is 11.5 Å². The number of nitrogens with zero attached hydrogens (tertiary/aromatic N) is 3. The number of hydrogen-bond donors (Lipinski definition) is 1. The van der Waals surface area contributed by atoms with Crippen molar-refractivity contribution in [2.24, 2.45) is 0 Å². The summed E-state index contributed by atoms with van der Waals surface area (Å²) in [6.07, 6.45) is 3.18. The van der Waals surface area contributed by atoms with Crippen molar-refractivity contribution in [2.45, 2.75) is 26.2 Å². The number of hydrogen-bond acceptors (Lipinski definition) is 5. The molecule has 2 aromatic rings. The van der Waals surface area contributed by atoms with E-state index in [-0.39, 0.29) is 11.3 Å². The zero-order chi connectivity index (χ0) is 17.9. The maximum absolute atomic E-state index is 12.5. The van der Waals surface area contributed by atoms with E-state index >= 15 is 0 Å². The molecule has 1 saturated heterocycles. The SMILES string of the molecule is CC(C)(C)c1ccccc1NC(=O)c1cnc(N2CCOCC2)cn1. The Hall–Kier alpha value is -2.47. The molecule has 0 bridgehead atoms. The van der Waals surface area contributed by atoms with Crippen LogP contribution in [0.4, 0.5) is 11.5 Å². The van der Waals surface area contributed by atoms with Gasteiger partial charge < -0.3 is 15.0 Å². The van der Waals surface area contributed by atoms with E-state index in [1.54, 1.807) is 6.20 Å². The molecule has 0 unspecified atom stereocenters. The van der Waals surface area contributed by atoms with Crippen LogP contribution in [0.15, 0.2) is 36.7 Å². The number of amides is 1. The van der Waals surface area contributed by atoms with Gasteiger partial charge in [-0.2, -0.15) is 0 Å². The first-order valence-electron chi connectivity index (χ1n) is 8.51. The summed E-state index contributed by atoms with van der Waals surface area (Å²) in [7, 11) is 0. The molecule has 132 valence electrons. The van der Waals surface area contributed by atoms with Gasteiger partial charge in [-0.1, -0.05) is 39.0 Å². The molecular formula is C19H24N4O2. The van der Waals surface area contributed by atoms with E-state index in [2.05, 4.69) is 41.0 Å². The summed E-state index contributed by atoms with van der Waals surface area (Å²) in [5.41, 5.74) is 2.14. The average Bonchev–Trinajstić information content (AvgIpc) is 2.62. The standard InChI is InChI=1S/C19H24N4O2/c1-19(2,3)14-6-4-5-7-15(14)22-18(24)16-12-21-17(13-20-16)23-8-10-25-11-9-23/h4-7,12-13H,8-11H2,1-3H3,(H,22,24). The third kappa shape index (κ3) is 4.14. The van der Waals surface area contributed by atoms with Crippen molar-refractivity contribution in [1.82, 2.24) is 9.97 Å². The maximum Gasteiger partial charge on any atom is 0.275 e. The largest absolute Gasteiger partial charge is 0.378 e. The van der Waals surface area contributed by atoms with Crippen LogP contribution >= 0.6 is 0 Å². The number of benzene rings is 1. The molecule has 6 nitrogen and oxygen atoms in total. The Morgan fingerprint density at radius 1 is 1.12 bits per heavy atom. The Bertz CT molecular complexity index is 732. The number of morpholine rings is 1. The highest BCUT2D eigenvalue weighted by Gasteiger charge is 2.20. The maximum atomic E-state index is 12.5. The van der Waals surface area contributed by atoms with Crippen LogP contribution < -0.4 is 10.2 Å². The van der Waals surface area contributed by atoms with E-state index in [1.807, 2.05) is 24.3 Å². The van der Waals surface area contributed by atoms with Crippen LogP contribution in [0.5, 0.6) is 0 Å². The van der Waals surface area contributed by atoms with E-state index in [4.69, 9.17) is 4.74 Å². The van der Waals surface area contributed by atoms with Gasteiger partial charge in [-0.15, -0.1) is 0 Å². The molecule has 1 aromatic heterocycles. The Kier molecular flexibility index (Phi) is 4.99. The van der Waals surface area contributed by atoms with E-state index in [0.717, 1.165) is 30.2 Å². The van der Waals surface area contributed by atoms with Crippen LogP contribution in [0.25, 0.3) is 0 Å². The van der Waals surface area contributed by atoms with Gasteiger partial charge in [0.2, 0.25) is 0 Å². The van der Waals surface area contributed by atoms with Crippen LogP contribution in [-0.4, -0.2) is 42.2 Å². The minimum absolute atomic E-state index is 0.0598. The second-order valence-electron chi connectivity index (χ2n) is 7.11. The van der Waals surface area contributed by atoms with Gasteiger partial charge >= 0.3 is 0 Å². The number of rotatable bonds is 3. The molecule has 1 aliphatic heterocycles. The zero-order valence-electron chi connectivity index (χ0n) is 15.0. The topological polar surface area (TPSA) is 67.4 Å². The van der Waals surface area contributed by atoms with Gasteiger partial charge in [0.15, 0.2) is 0 Å². The summed E-state index contributed by atoms with van der Waals surface area (Å²) in [6.45, 7) is 9.32. The highest BCUT2D eigenvalue weighted by molar-refractivity contribution is 6.03. The lowest BCUT2D eigenvalue weighted by molar-refractivity contribution is 0.102. The van der Waals surface area contributed by atoms with E-state index in [1.165, 1.54) is 6.20 Å². The van der Waals surface area contributed by atoms with Crippen molar-refractivity contribution >= 4 is 17.4 Å². The molecule has 25 heavy (non-hydrogen) atoms. The number of aromatic nitrogens is 2. The molecule has 0 saturated carbocycles. The Morgan fingerprint density at radius 3 is 2.48 bits per heavy atom. The van der Waals surface area contributed by atoms with Crippen molar-refractivity contribution in [1.29, 1.82) is 0 Å². The van der Waals surface area contributed by atoms with E-state index < -0.39 is 0 Å². The van der Waals surface area contributed by atoms with Crippen LogP contribution in [-0.2, 0) is 10.2 Å². The molecule has 1 amide bonds. The molecule has 0 atom stereocenters. The number of nitrogens with one attached hydrogen (secondary N) is 1. The van der Waals surface area contributed by atoms with E-state index in [9.17, 15) is 4.79 Å². The number of anilines is 2. The summed E-state index contributed by atoms with van der Waals surface area (Å²) < 4.78 is 5.33. The van der Waals surface area contributed by atoms with Gasteiger partial charge in [-0.25, -0.2) is 9.97 Å². The highest BCUT2D eigenvalue weighted by Crippen LogP contribution is 2.29. The van der Waals surface area contributed by atoms with Crippen LogP contribution in [0.3, 0.4) is 0 Å². The lowest BCUT2D eigenvalue weighted by Crippen LogP contribution is -2.36. The van der Waals surface area contributed by atoms with Crippen molar-refractivity contribution < 1.29 is 9.53 Å². The first-order valence-corrected chi connectivity index (χ1v) is 8.51. The fourth-order valence-electron chi connectivity index (χ4n) is 2.83. The summed E-state index contributed by atoms with van der Waals surface area (Å²) in [4.78, 5) is 23.3. The Morgan fingerprint density at radius 2 is 1.84 bits per heavy atom. The number of ether oxygens (including phenoxy) is 1. The van der Waals surface area contributed by atoms with E-state index in [0.29, 0.717) is 18.9 Å². The van der Waals surface area contributed by atoms with Crippen molar-refractivity contribution in [3.05, 3.63) is 47.9 Å². The average molecular weight is 340 g/mol. The number of para-hydroxylation sites is 1. The molecule has 0 radical (unpaired) electrons. The van der Waals surface area contributed by atoms with Crippen LogP contribution in [0, 0.1) is 0 Å². The van der Waals surface area contributed by atoms with Crippen LogP contribution in [0.2, 0.25) is 0 Å². The van der Waals surface area contributed by atoms with Gasteiger partial charge in [0, 0.05) is 18.8 Å². The Balaban J connectivity index is 1.74. The highest BCUT2D eigenvalue weighted by atomic mass is 16.5. The quantitative estimate of drug-likeness (QED) is 0.930. The van der Waals surface area contributed by atoms with Crippen LogP contribution in [0.1, 0.15) is 36.8 Å². The molecule has 6 heteroatoms. The predicted molar refractivity (Wildman–Crippen MR) is 98.2 cm³/mol. The first-order chi connectivity index (χ1) is 11.9. The summed E-state index contributed by atoms with van der Waals surface area (Å²) >= 11 is 0. The molecular weight excluding hydrogens is 316 g/mol. The molecule has 1 N–H and O–H groups in total. The third-order valence-corrected chi connectivity index (χ3v) is 4.19. The summed E-state index contributed by atoms with van der Waals surface area (Å²) in [6, 6.07) is 7.84. The lowest BCUT2D eigenvalue weighted by Gasteiger charge is -2.27. The number of carbonyl (C=O) groups is 1. The Labute approximate surface area is 148 Å². The normalized spacial score (nSPS) is 15.1. The monoisotopic (exact) mass is 340 g/mol. The van der Waals surface area contributed by atoms with Gasteiger partial charge in [-0.05, 0) is 17.0 Å². The summed E-state index contributed by atoms with van der Waals surface area (Å²) in [5, 5.41) is 2.96. The van der Waals surface area contributed by atoms with Gasteiger partial charge in [0.05, 0.1) is 25.6 Å². The fourth-order valence-corrected chi connectivity index (χ4v) is 2.83. The molecule has 3 rings (SSSR count). The first kappa shape index (κ1) is 17.4. The second-order valence-corrected chi connectivity index (χ2v) is 7.11.